The van der Waals surface area contributed by atoms with Crippen molar-refractivity contribution in [1.29, 1.82) is 0 Å². The van der Waals surface area contributed by atoms with Crippen molar-refractivity contribution in [2.24, 2.45) is 0 Å². The van der Waals surface area contributed by atoms with Crippen LogP contribution in [0, 0.1) is 0 Å². The van der Waals surface area contributed by atoms with E-state index < -0.39 is 6.10 Å². The number of furan rings is 1. The second-order valence-corrected chi connectivity index (χ2v) is 5.95. The van der Waals surface area contributed by atoms with Gasteiger partial charge in [0.2, 0.25) is 0 Å². The Hall–Kier alpha value is -1.53. The summed E-state index contributed by atoms with van der Waals surface area (Å²) in [4.78, 5) is 12.1. The Bertz CT molecular complexity index is 449. The summed E-state index contributed by atoms with van der Waals surface area (Å²) in [5, 5.41) is 15.8. The minimum atomic E-state index is -0.716. The van der Waals surface area contributed by atoms with Crippen LogP contribution >= 0.6 is 0 Å². The van der Waals surface area contributed by atoms with Gasteiger partial charge in [-0.3, -0.25) is 0 Å². The van der Waals surface area contributed by atoms with Crippen LogP contribution in [0.25, 0.3) is 0 Å². The number of amides is 2. The molecule has 2 rings (SSSR count). The number of carbonyl (C=O) groups is 1. The monoisotopic (exact) mass is 310 g/mol. The van der Waals surface area contributed by atoms with E-state index in [2.05, 4.69) is 10.6 Å². The summed E-state index contributed by atoms with van der Waals surface area (Å²) in [6, 6.07) is 3.14. The Kier molecular flexibility index (Phi) is 6.27. The van der Waals surface area contributed by atoms with E-state index in [9.17, 15) is 9.90 Å². The third kappa shape index (κ3) is 4.74. The highest BCUT2D eigenvalue weighted by Gasteiger charge is 2.26. The SMILES string of the molecule is COC1CCCCC1NC(=O)NC(C)CC(O)c1ccco1. The molecular weight excluding hydrogens is 284 g/mol. The van der Waals surface area contributed by atoms with Crippen molar-refractivity contribution < 1.29 is 19.1 Å². The van der Waals surface area contributed by atoms with E-state index in [4.69, 9.17) is 9.15 Å². The van der Waals surface area contributed by atoms with Gasteiger partial charge in [-0.05, 0) is 31.9 Å². The highest BCUT2D eigenvalue weighted by molar-refractivity contribution is 5.74. The van der Waals surface area contributed by atoms with Crippen molar-refractivity contribution in [2.45, 2.75) is 63.3 Å². The molecule has 0 radical (unpaired) electrons. The molecule has 1 aromatic rings. The average molecular weight is 310 g/mol. The van der Waals surface area contributed by atoms with Crippen LogP contribution in [0.5, 0.6) is 0 Å². The van der Waals surface area contributed by atoms with Crippen LogP contribution in [-0.4, -0.2) is 36.4 Å². The van der Waals surface area contributed by atoms with E-state index in [-0.39, 0.29) is 24.2 Å². The van der Waals surface area contributed by atoms with Gasteiger partial charge in [-0.2, -0.15) is 0 Å². The van der Waals surface area contributed by atoms with E-state index in [1.807, 2.05) is 6.92 Å². The Labute approximate surface area is 131 Å². The maximum Gasteiger partial charge on any atom is 0.315 e. The molecule has 124 valence electrons. The van der Waals surface area contributed by atoms with Crippen molar-refractivity contribution in [3.8, 4) is 0 Å². The fraction of sp³-hybridized carbons (Fsp3) is 0.688. The molecule has 3 N–H and O–H groups in total. The molecule has 0 aromatic carbocycles. The smallest absolute Gasteiger partial charge is 0.315 e. The number of hydrogen-bond acceptors (Lipinski definition) is 4. The van der Waals surface area contributed by atoms with Gasteiger partial charge in [0.05, 0.1) is 18.4 Å². The maximum atomic E-state index is 12.1. The van der Waals surface area contributed by atoms with Crippen LogP contribution in [-0.2, 0) is 4.74 Å². The van der Waals surface area contributed by atoms with Crippen LogP contribution in [0.1, 0.15) is 50.9 Å². The Morgan fingerprint density at radius 1 is 1.50 bits per heavy atom. The maximum absolute atomic E-state index is 12.1. The molecule has 1 heterocycles. The number of aliphatic hydroxyl groups is 1. The van der Waals surface area contributed by atoms with Gasteiger partial charge in [-0.25, -0.2) is 4.79 Å². The topological polar surface area (TPSA) is 83.7 Å². The molecule has 1 saturated carbocycles. The first-order valence-electron chi connectivity index (χ1n) is 7.91. The molecule has 0 saturated heterocycles. The fourth-order valence-electron chi connectivity index (χ4n) is 2.97. The first kappa shape index (κ1) is 16.8. The van der Waals surface area contributed by atoms with Crippen molar-refractivity contribution in [1.82, 2.24) is 10.6 Å². The molecular formula is C16H26N2O4. The van der Waals surface area contributed by atoms with Gasteiger partial charge in [0.25, 0.3) is 0 Å². The Morgan fingerprint density at radius 2 is 2.27 bits per heavy atom. The van der Waals surface area contributed by atoms with Crippen LogP contribution in [0.3, 0.4) is 0 Å². The minimum Gasteiger partial charge on any atom is -0.467 e. The molecule has 1 aliphatic rings. The van der Waals surface area contributed by atoms with Gasteiger partial charge < -0.3 is 24.9 Å². The molecule has 6 heteroatoms. The molecule has 4 atom stereocenters. The number of aliphatic hydroxyl groups excluding tert-OH is 1. The molecule has 1 aromatic heterocycles. The summed E-state index contributed by atoms with van der Waals surface area (Å²) in [6.07, 6.45) is 5.47. The predicted octanol–water partition coefficient (Wildman–Crippen LogP) is 2.35. The Balaban J connectivity index is 1.76. The second kappa shape index (κ2) is 8.19. The summed E-state index contributed by atoms with van der Waals surface area (Å²) in [7, 11) is 1.69. The molecule has 0 bridgehead atoms. The summed E-state index contributed by atoms with van der Waals surface area (Å²) < 4.78 is 10.6. The summed E-state index contributed by atoms with van der Waals surface area (Å²) in [6.45, 7) is 1.86. The molecule has 4 unspecified atom stereocenters. The van der Waals surface area contributed by atoms with Gasteiger partial charge in [0, 0.05) is 19.6 Å². The van der Waals surface area contributed by atoms with Crippen LogP contribution in [0.15, 0.2) is 22.8 Å². The third-order valence-corrected chi connectivity index (χ3v) is 4.15. The van der Waals surface area contributed by atoms with Crippen molar-refractivity contribution in [2.75, 3.05) is 7.11 Å². The molecule has 0 aliphatic heterocycles. The van der Waals surface area contributed by atoms with Gasteiger partial charge in [-0.1, -0.05) is 12.8 Å². The zero-order valence-electron chi connectivity index (χ0n) is 13.2. The average Bonchev–Trinajstić information content (AvgIpc) is 3.01. The lowest BCUT2D eigenvalue weighted by atomic mass is 9.92. The minimum absolute atomic E-state index is 0.0564. The number of ether oxygens (including phenoxy) is 1. The lowest BCUT2D eigenvalue weighted by molar-refractivity contribution is 0.0449. The third-order valence-electron chi connectivity index (χ3n) is 4.15. The zero-order chi connectivity index (χ0) is 15.9. The van der Waals surface area contributed by atoms with E-state index in [1.165, 1.54) is 6.26 Å². The number of hydrogen-bond donors (Lipinski definition) is 3. The van der Waals surface area contributed by atoms with Crippen LogP contribution in [0.4, 0.5) is 4.79 Å². The second-order valence-electron chi connectivity index (χ2n) is 5.95. The first-order chi connectivity index (χ1) is 10.6. The van der Waals surface area contributed by atoms with E-state index >= 15 is 0 Å². The summed E-state index contributed by atoms with van der Waals surface area (Å²) >= 11 is 0. The van der Waals surface area contributed by atoms with Crippen molar-refractivity contribution in [3.05, 3.63) is 24.2 Å². The quantitative estimate of drug-likeness (QED) is 0.753. The molecule has 1 aliphatic carbocycles. The molecule has 2 amide bonds. The summed E-state index contributed by atoms with van der Waals surface area (Å²) in [5.74, 6) is 0.515. The number of rotatable bonds is 6. The van der Waals surface area contributed by atoms with E-state index in [0.717, 1.165) is 25.7 Å². The zero-order valence-corrected chi connectivity index (χ0v) is 13.2. The van der Waals surface area contributed by atoms with Gasteiger partial charge in [-0.15, -0.1) is 0 Å². The van der Waals surface area contributed by atoms with Gasteiger partial charge in [0.15, 0.2) is 0 Å². The highest BCUT2D eigenvalue weighted by Crippen LogP contribution is 2.21. The number of carbonyl (C=O) groups excluding carboxylic acids is 1. The number of methoxy groups -OCH3 is 1. The molecule has 0 spiro atoms. The number of nitrogens with one attached hydrogen (secondary N) is 2. The predicted molar refractivity (Wildman–Crippen MR) is 82.5 cm³/mol. The standard InChI is InChI=1S/C16H26N2O4/c1-11(10-13(19)15-8-5-9-22-15)17-16(20)18-12-6-3-4-7-14(12)21-2/h5,8-9,11-14,19H,3-4,6-7,10H2,1-2H3,(H2,17,18,20). The van der Waals surface area contributed by atoms with E-state index in [0.29, 0.717) is 12.2 Å². The van der Waals surface area contributed by atoms with Crippen molar-refractivity contribution in [3.63, 3.8) is 0 Å². The van der Waals surface area contributed by atoms with Gasteiger partial charge >= 0.3 is 6.03 Å². The molecule has 22 heavy (non-hydrogen) atoms. The van der Waals surface area contributed by atoms with E-state index in [1.54, 1.807) is 19.2 Å². The molecule has 1 fully saturated rings. The fourth-order valence-corrected chi connectivity index (χ4v) is 2.97. The summed E-state index contributed by atoms with van der Waals surface area (Å²) in [5.41, 5.74) is 0. The highest BCUT2D eigenvalue weighted by atomic mass is 16.5. The van der Waals surface area contributed by atoms with Crippen LogP contribution in [0.2, 0.25) is 0 Å². The normalized spacial score (nSPS) is 24.5. The molecule has 6 nitrogen and oxygen atoms in total. The lowest BCUT2D eigenvalue weighted by Crippen LogP contribution is -2.51. The van der Waals surface area contributed by atoms with Gasteiger partial charge in [0.1, 0.15) is 11.9 Å². The Morgan fingerprint density at radius 3 is 2.95 bits per heavy atom. The van der Waals surface area contributed by atoms with Crippen LogP contribution < -0.4 is 10.6 Å². The van der Waals surface area contributed by atoms with Crippen molar-refractivity contribution >= 4 is 6.03 Å². The number of urea groups is 1. The lowest BCUT2D eigenvalue weighted by Gasteiger charge is -2.31. The first-order valence-corrected chi connectivity index (χ1v) is 7.91. The largest absolute Gasteiger partial charge is 0.467 e.